The van der Waals surface area contributed by atoms with E-state index in [1.165, 1.54) is 128 Å². The van der Waals surface area contributed by atoms with E-state index in [1.807, 2.05) is 62.3 Å². The fraction of sp³-hybridized carbons (Fsp3) is 0.932. The Morgan fingerprint density at radius 1 is 0.373 bits per heavy atom. The molecule has 0 radical (unpaired) electrons. The molecule has 16 rings (SSSR count). The molecule has 10 nitrogen and oxygen atoms in total. The molecule has 0 atom stereocenters. The molecule has 16 saturated carbocycles. The molecule has 10 heteroatoms. The number of esters is 5. The second kappa shape index (κ2) is 24.0. The van der Waals surface area contributed by atoms with Crippen LogP contribution in [-0.4, -0.2) is 58.9 Å². The van der Waals surface area contributed by atoms with Crippen LogP contribution in [0.15, 0.2) is 0 Å². The Morgan fingerprint density at radius 3 is 0.940 bits per heavy atom. The summed E-state index contributed by atoms with van der Waals surface area (Å²) in [5.41, 5.74) is -2.39. The van der Waals surface area contributed by atoms with Crippen molar-refractivity contribution in [1.29, 1.82) is 0 Å². The lowest BCUT2D eigenvalue weighted by molar-refractivity contribution is -0.231. The number of rotatable bonds is 16. The Hall–Kier alpha value is -2.65. The molecule has 16 aliphatic carbocycles. The lowest BCUT2D eigenvalue weighted by Gasteiger charge is -2.62. The van der Waals surface area contributed by atoms with Gasteiger partial charge in [0.25, 0.3) is 0 Å². The summed E-state index contributed by atoms with van der Waals surface area (Å²) in [6.07, 6.45) is 30.3. The average molecular weight is 1160 g/mol. The highest BCUT2D eigenvalue weighted by molar-refractivity contribution is 5.80. The van der Waals surface area contributed by atoms with E-state index >= 15 is 0 Å². The molecular formula is C73H126O10. The van der Waals surface area contributed by atoms with E-state index < -0.39 is 5.41 Å². The Bertz CT molecular complexity index is 2240. The van der Waals surface area contributed by atoms with Gasteiger partial charge >= 0.3 is 29.8 Å². The van der Waals surface area contributed by atoms with Gasteiger partial charge in [0.05, 0.1) is 21.7 Å². The summed E-state index contributed by atoms with van der Waals surface area (Å²) in [4.78, 5) is 62.1. The van der Waals surface area contributed by atoms with E-state index in [0.29, 0.717) is 59.7 Å². The molecule has 83 heavy (non-hydrogen) atoms. The third-order valence-corrected chi connectivity index (χ3v) is 27.2. The maximum absolute atomic E-state index is 12.8. The molecule has 16 fully saturated rings. The molecule has 0 spiro atoms. The predicted octanol–water partition coefficient (Wildman–Crippen LogP) is 18.0. The number of carbonyl (C=O) groups excluding carboxylic acids is 5. The molecule has 16 aliphatic rings. The van der Waals surface area contributed by atoms with Crippen LogP contribution in [0, 0.1) is 122 Å². The fourth-order valence-corrected chi connectivity index (χ4v) is 20.6. The monoisotopic (exact) mass is 1160 g/mol. The largest absolute Gasteiger partial charge is 0.458 e. The van der Waals surface area contributed by atoms with Crippen molar-refractivity contribution in [3.05, 3.63) is 0 Å². The highest BCUT2D eigenvalue weighted by Gasteiger charge is 2.63. The zero-order chi connectivity index (χ0) is 60.6. The molecule has 0 aliphatic heterocycles. The van der Waals surface area contributed by atoms with Crippen LogP contribution in [0.25, 0.3) is 0 Å². The highest BCUT2D eigenvalue weighted by Crippen LogP contribution is 2.65. The van der Waals surface area contributed by atoms with Crippen LogP contribution in [-0.2, 0) is 47.7 Å². The van der Waals surface area contributed by atoms with Gasteiger partial charge in [0.2, 0.25) is 0 Å². The molecule has 0 amide bonds. The molecule has 0 unspecified atom stereocenters. The van der Waals surface area contributed by atoms with E-state index in [1.54, 1.807) is 0 Å². The Labute approximate surface area is 509 Å². The summed E-state index contributed by atoms with van der Waals surface area (Å²) in [5, 5.41) is 0. The number of hydrogen-bond donors (Lipinski definition) is 0. The molecule has 0 aromatic carbocycles. The Balaban J connectivity index is 0.000000182. The van der Waals surface area contributed by atoms with Crippen LogP contribution < -0.4 is 0 Å². The minimum Gasteiger partial charge on any atom is -0.458 e. The molecular weight excluding hydrogens is 1040 g/mol. The van der Waals surface area contributed by atoms with Crippen LogP contribution in [0.2, 0.25) is 0 Å². The van der Waals surface area contributed by atoms with Gasteiger partial charge in [0.1, 0.15) is 22.4 Å². The molecule has 0 N–H and O–H groups in total. The topological polar surface area (TPSA) is 132 Å². The van der Waals surface area contributed by atoms with Gasteiger partial charge in [0, 0.05) is 4.28 Å². The standard InChI is InChI=1S/C19H30O4.C19H32O2.C18H30O2.C17H28O2.3H2/c1-5-18(2,3)17(21)22-11-16(20)23-19(4)14-7-12-6-13(9-14)10-15(19)8-12;1-6-18(4,5)17(20)21-19(12(2)3)15-8-13-7-14(10-15)11-16(19)9-13;1-5-17(3,4)16(19)20-18(6-2)14-8-12-7-13(10-14)11-15(18)9-12;1-5-16(2,3)15(18)19-17(4)13-7-11-6-12(9-13)10-14(17)8-11;;;/h12-15H,5-11H2,1-4H3;12-16H,6-11H2,1-5H3;12-15H,5-11H2,1-4H3;11-14H,5-10H2,1-4H3;3*1H. The lowest BCUT2D eigenvalue weighted by atomic mass is 9.47. The Kier molecular flexibility index (Phi) is 18.8. The highest BCUT2D eigenvalue weighted by atomic mass is 16.6. The van der Waals surface area contributed by atoms with Crippen molar-refractivity contribution in [1.82, 2.24) is 0 Å². The van der Waals surface area contributed by atoms with Crippen molar-refractivity contribution in [2.75, 3.05) is 6.61 Å². The molecule has 0 saturated heterocycles. The van der Waals surface area contributed by atoms with Crippen molar-refractivity contribution >= 4 is 29.8 Å². The summed E-state index contributed by atoms with van der Waals surface area (Å²) < 4.78 is 29.9. The van der Waals surface area contributed by atoms with Gasteiger partial charge in [-0.1, -0.05) is 48.5 Å². The summed E-state index contributed by atoms with van der Waals surface area (Å²) >= 11 is 0. The van der Waals surface area contributed by atoms with Crippen molar-refractivity contribution in [3.63, 3.8) is 0 Å². The first-order chi connectivity index (χ1) is 38.8. The van der Waals surface area contributed by atoms with Crippen molar-refractivity contribution in [2.45, 2.75) is 301 Å². The summed E-state index contributed by atoms with van der Waals surface area (Å²) in [6.45, 7) is 34.8. The average Bonchev–Trinajstić information content (AvgIpc) is 0.819. The van der Waals surface area contributed by atoms with Gasteiger partial charge in [-0.25, -0.2) is 4.79 Å². The van der Waals surface area contributed by atoms with Crippen LogP contribution in [0.3, 0.4) is 0 Å². The molecule has 0 aromatic heterocycles. The maximum atomic E-state index is 12.8. The van der Waals surface area contributed by atoms with E-state index in [4.69, 9.17) is 23.7 Å². The lowest BCUT2D eigenvalue weighted by Crippen LogP contribution is -2.63. The van der Waals surface area contributed by atoms with E-state index in [9.17, 15) is 24.0 Å². The number of ether oxygens (including phenoxy) is 5. The SMILES string of the molecule is CCC(C)(C)C(=O)OC1(C(C)C)C2CC3CC(C2)CC1C3.CCC(C)(C)C(=O)OC1(C)C2CC3CC(C2)CC1C3.CCC(C)(C)C(=O)OC1(CC)C2CC3CC(C2)CC1C3.CCC(C)(C)C(=O)OCC(=O)OC1(C)C2CC3CC(C2)CC1C3.[HH].[HH].[HH]. The normalized spacial score (nSPS) is 41.7. The minimum atomic E-state index is -0.549. The maximum Gasteiger partial charge on any atom is 0.344 e. The first-order valence-corrected chi connectivity index (χ1v) is 34.9. The fourth-order valence-electron chi connectivity index (χ4n) is 20.6. The van der Waals surface area contributed by atoms with Gasteiger partial charge in [-0.3, -0.25) is 19.2 Å². The zero-order valence-corrected chi connectivity index (χ0v) is 55.8. The second-order valence-electron chi connectivity index (χ2n) is 34.1. The van der Waals surface area contributed by atoms with Gasteiger partial charge < -0.3 is 23.7 Å². The Morgan fingerprint density at radius 2 is 0.639 bits per heavy atom. The van der Waals surface area contributed by atoms with E-state index in [0.717, 1.165) is 73.0 Å². The van der Waals surface area contributed by atoms with Crippen molar-refractivity contribution in [3.8, 4) is 0 Å². The third-order valence-electron chi connectivity index (χ3n) is 27.2. The predicted molar refractivity (Wildman–Crippen MR) is 334 cm³/mol. The smallest absolute Gasteiger partial charge is 0.344 e. The minimum absolute atomic E-state index is 0. The van der Waals surface area contributed by atoms with Crippen LogP contribution in [0.1, 0.15) is 283 Å². The summed E-state index contributed by atoms with van der Waals surface area (Å²) in [5.74, 6) is 11.8. The molecule has 0 heterocycles. The first-order valence-electron chi connectivity index (χ1n) is 34.9. The molecule has 0 aromatic rings. The van der Waals surface area contributed by atoms with E-state index in [2.05, 4.69) is 55.4 Å². The van der Waals surface area contributed by atoms with Gasteiger partial charge in [-0.15, -0.1) is 0 Å². The van der Waals surface area contributed by atoms with Crippen molar-refractivity contribution < 1.29 is 51.9 Å². The third kappa shape index (κ3) is 12.4. The molecule has 16 bridgehead atoms. The van der Waals surface area contributed by atoms with Gasteiger partial charge in [-0.05, 0) is 330 Å². The zero-order valence-electron chi connectivity index (χ0n) is 55.8. The van der Waals surface area contributed by atoms with E-state index in [-0.39, 0.29) is 79.4 Å². The summed E-state index contributed by atoms with van der Waals surface area (Å²) in [6, 6.07) is 0. The number of hydrogen-bond acceptors (Lipinski definition) is 10. The number of carbonyl (C=O) groups is 5. The van der Waals surface area contributed by atoms with Crippen molar-refractivity contribution in [2.24, 2.45) is 122 Å². The summed E-state index contributed by atoms with van der Waals surface area (Å²) in [7, 11) is 0. The van der Waals surface area contributed by atoms with Crippen LogP contribution in [0.4, 0.5) is 0 Å². The van der Waals surface area contributed by atoms with Crippen LogP contribution >= 0.6 is 0 Å². The molecule has 478 valence electrons. The first kappa shape index (κ1) is 64.8. The van der Waals surface area contributed by atoms with Gasteiger partial charge in [-0.2, -0.15) is 0 Å². The van der Waals surface area contributed by atoms with Crippen LogP contribution in [0.5, 0.6) is 0 Å². The quantitative estimate of drug-likeness (QED) is 0.109. The second-order valence-corrected chi connectivity index (χ2v) is 34.1. The van der Waals surface area contributed by atoms with Gasteiger partial charge in [0.15, 0.2) is 6.61 Å².